The van der Waals surface area contributed by atoms with Crippen molar-refractivity contribution in [3.8, 4) is 11.8 Å². The van der Waals surface area contributed by atoms with Crippen LogP contribution in [0.5, 0.6) is 0 Å². The number of hydrogen-bond donors (Lipinski definition) is 2. The van der Waals surface area contributed by atoms with Gasteiger partial charge in [-0.05, 0) is 26.7 Å². The summed E-state index contributed by atoms with van der Waals surface area (Å²) in [5.41, 5.74) is 0.0403. The highest BCUT2D eigenvalue weighted by atomic mass is 16.3. The molecule has 2 heteroatoms. The quantitative estimate of drug-likeness (QED) is 0.605. The fourth-order valence-corrected chi connectivity index (χ4v) is 0.983. The van der Waals surface area contributed by atoms with Crippen molar-refractivity contribution >= 4 is 0 Å². The third kappa shape index (κ3) is 4.38. The van der Waals surface area contributed by atoms with Crippen LogP contribution in [0.3, 0.4) is 0 Å². The molecule has 0 aromatic rings. The molecule has 12 heavy (non-hydrogen) atoms. The van der Waals surface area contributed by atoms with Crippen LogP contribution in [0.1, 0.15) is 33.6 Å². The molecule has 0 aliphatic heterocycles. The lowest BCUT2D eigenvalue weighted by atomic mass is 9.95. The average Bonchev–Trinajstić information content (AvgIpc) is 2.06. The summed E-state index contributed by atoms with van der Waals surface area (Å²) < 4.78 is 0. The van der Waals surface area contributed by atoms with Crippen LogP contribution < -0.4 is 5.32 Å². The van der Waals surface area contributed by atoms with Gasteiger partial charge < -0.3 is 10.4 Å². The summed E-state index contributed by atoms with van der Waals surface area (Å²) in [4.78, 5) is 0. The van der Waals surface area contributed by atoms with E-state index in [4.69, 9.17) is 5.11 Å². The van der Waals surface area contributed by atoms with Crippen LogP contribution in [-0.4, -0.2) is 23.8 Å². The van der Waals surface area contributed by atoms with E-state index < -0.39 is 0 Å². The van der Waals surface area contributed by atoms with Crippen molar-refractivity contribution in [2.75, 3.05) is 13.2 Å². The highest BCUT2D eigenvalue weighted by Gasteiger charge is 2.19. The monoisotopic (exact) mass is 169 g/mol. The maximum Gasteiger partial charge on any atom is 0.0580 e. The largest absolute Gasteiger partial charge is 0.396 e. The highest BCUT2D eigenvalue weighted by Crippen LogP contribution is 2.12. The van der Waals surface area contributed by atoms with Crippen LogP contribution in [0.25, 0.3) is 0 Å². The molecule has 1 unspecified atom stereocenters. The molecule has 0 aliphatic carbocycles. The van der Waals surface area contributed by atoms with Crippen molar-refractivity contribution in [2.45, 2.75) is 39.2 Å². The second-order valence-corrected chi connectivity index (χ2v) is 3.17. The molecule has 0 saturated heterocycles. The van der Waals surface area contributed by atoms with E-state index in [-0.39, 0.29) is 12.1 Å². The summed E-state index contributed by atoms with van der Waals surface area (Å²) >= 11 is 0. The Bertz CT molecular complexity index is 168. The Hall–Kier alpha value is -0.520. The summed E-state index contributed by atoms with van der Waals surface area (Å²) in [5.74, 6) is 5.79. The molecule has 0 saturated carbocycles. The summed E-state index contributed by atoms with van der Waals surface area (Å²) in [6.07, 6.45) is 1.80. The van der Waals surface area contributed by atoms with E-state index in [1.165, 1.54) is 0 Å². The fourth-order valence-electron chi connectivity index (χ4n) is 0.983. The van der Waals surface area contributed by atoms with Gasteiger partial charge in [-0.25, -0.2) is 0 Å². The summed E-state index contributed by atoms with van der Waals surface area (Å²) in [7, 11) is 0. The number of rotatable bonds is 5. The molecule has 0 amide bonds. The Kier molecular flexibility index (Phi) is 5.79. The van der Waals surface area contributed by atoms with Gasteiger partial charge in [0.2, 0.25) is 0 Å². The number of hydrogen-bond acceptors (Lipinski definition) is 2. The van der Waals surface area contributed by atoms with Crippen LogP contribution in [0, 0.1) is 11.8 Å². The van der Waals surface area contributed by atoms with Gasteiger partial charge in [0, 0.05) is 12.1 Å². The Morgan fingerprint density at radius 2 is 2.17 bits per heavy atom. The molecule has 70 valence electrons. The van der Waals surface area contributed by atoms with Crippen LogP contribution >= 0.6 is 0 Å². The van der Waals surface area contributed by atoms with Crippen LogP contribution in [0.4, 0.5) is 0 Å². The van der Waals surface area contributed by atoms with Gasteiger partial charge in [0.15, 0.2) is 0 Å². The zero-order chi connectivity index (χ0) is 9.45. The third-order valence-electron chi connectivity index (χ3n) is 2.22. The maximum absolute atomic E-state index is 8.81. The maximum atomic E-state index is 8.81. The van der Waals surface area contributed by atoms with E-state index in [2.05, 4.69) is 31.0 Å². The number of nitrogens with one attached hydrogen (secondary N) is 1. The summed E-state index contributed by atoms with van der Waals surface area (Å²) in [6.45, 7) is 7.00. The minimum absolute atomic E-state index is 0.0403. The van der Waals surface area contributed by atoms with Gasteiger partial charge >= 0.3 is 0 Å². The summed E-state index contributed by atoms with van der Waals surface area (Å²) in [6, 6.07) is 0. The van der Waals surface area contributed by atoms with Crippen molar-refractivity contribution in [3.63, 3.8) is 0 Å². The molecule has 0 aliphatic rings. The lowest BCUT2D eigenvalue weighted by Gasteiger charge is -2.27. The smallest absolute Gasteiger partial charge is 0.0580 e. The predicted octanol–water partition coefficient (Wildman–Crippen LogP) is 1.15. The Morgan fingerprint density at radius 1 is 1.50 bits per heavy atom. The van der Waals surface area contributed by atoms with Crippen molar-refractivity contribution in [1.82, 2.24) is 5.32 Å². The zero-order valence-electron chi connectivity index (χ0n) is 8.28. The predicted molar refractivity (Wildman–Crippen MR) is 51.9 cm³/mol. The zero-order valence-corrected chi connectivity index (χ0v) is 8.28. The summed E-state index contributed by atoms with van der Waals surface area (Å²) in [5, 5.41) is 12.1. The molecule has 0 radical (unpaired) electrons. The van der Waals surface area contributed by atoms with E-state index in [9.17, 15) is 0 Å². The molecule has 0 aromatic heterocycles. The first kappa shape index (κ1) is 11.5. The van der Waals surface area contributed by atoms with Gasteiger partial charge in [0.05, 0.1) is 6.54 Å². The van der Waals surface area contributed by atoms with Gasteiger partial charge in [0.1, 0.15) is 0 Å². The molecule has 2 N–H and O–H groups in total. The lowest BCUT2D eigenvalue weighted by Crippen LogP contribution is -2.42. The van der Waals surface area contributed by atoms with Crippen molar-refractivity contribution < 1.29 is 5.11 Å². The number of aliphatic hydroxyl groups excluding tert-OH is 1. The molecule has 0 bridgehead atoms. The van der Waals surface area contributed by atoms with Gasteiger partial charge in [-0.15, -0.1) is 5.92 Å². The minimum atomic E-state index is 0.0403. The Morgan fingerprint density at radius 3 is 2.58 bits per heavy atom. The SMILES string of the molecule is CC#CCNC(C)(CC)CCO. The fraction of sp³-hybridized carbons (Fsp3) is 0.800. The van der Waals surface area contributed by atoms with E-state index in [0.29, 0.717) is 6.54 Å². The van der Waals surface area contributed by atoms with Crippen LogP contribution in [0.2, 0.25) is 0 Å². The van der Waals surface area contributed by atoms with E-state index in [1.54, 1.807) is 0 Å². The Balaban J connectivity index is 3.83. The van der Waals surface area contributed by atoms with Gasteiger partial charge in [-0.1, -0.05) is 12.8 Å². The Labute approximate surface area is 75.4 Å². The molecule has 0 fully saturated rings. The van der Waals surface area contributed by atoms with Crippen LogP contribution in [-0.2, 0) is 0 Å². The first-order valence-electron chi connectivity index (χ1n) is 4.44. The van der Waals surface area contributed by atoms with Gasteiger partial charge in [-0.3, -0.25) is 0 Å². The molecule has 0 rings (SSSR count). The lowest BCUT2D eigenvalue weighted by molar-refractivity contribution is 0.220. The molecule has 0 spiro atoms. The first-order chi connectivity index (χ1) is 5.68. The molecule has 0 aromatic carbocycles. The molecule has 0 heterocycles. The van der Waals surface area contributed by atoms with Crippen molar-refractivity contribution in [1.29, 1.82) is 0 Å². The topological polar surface area (TPSA) is 32.3 Å². The molecular formula is C10H19NO. The number of aliphatic hydroxyl groups is 1. The second kappa shape index (κ2) is 6.05. The molecular weight excluding hydrogens is 150 g/mol. The van der Waals surface area contributed by atoms with E-state index >= 15 is 0 Å². The average molecular weight is 169 g/mol. The van der Waals surface area contributed by atoms with Crippen LogP contribution in [0.15, 0.2) is 0 Å². The van der Waals surface area contributed by atoms with Gasteiger partial charge in [0.25, 0.3) is 0 Å². The second-order valence-electron chi connectivity index (χ2n) is 3.17. The normalized spacial score (nSPS) is 14.7. The van der Waals surface area contributed by atoms with Gasteiger partial charge in [-0.2, -0.15) is 0 Å². The van der Waals surface area contributed by atoms with E-state index in [0.717, 1.165) is 12.8 Å². The highest BCUT2D eigenvalue weighted by molar-refractivity contribution is 4.99. The molecule has 2 nitrogen and oxygen atoms in total. The van der Waals surface area contributed by atoms with Crippen molar-refractivity contribution in [3.05, 3.63) is 0 Å². The molecule has 1 atom stereocenters. The standard InChI is InChI=1S/C10H19NO/c1-4-6-8-11-10(3,5-2)7-9-12/h11-12H,5,7-9H2,1-3H3. The minimum Gasteiger partial charge on any atom is -0.396 e. The third-order valence-corrected chi connectivity index (χ3v) is 2.22. The van der Waals surface area contributed by atoms with Crippen molar-refractivity contribution in [2.24, 2.45) is 0 Å². The van der Waals surface area contributed by atoms with E-state index in [1.807, 2.05) is 6.92 Å². The first-order valence-corrected chi connectivity index (χ1v) is 4.44.